The van der Waals surface area contributed by atoms with Gasteiger partial charge in [0.25, 0.3) is 0 Å². The summed E-state index contributed by atoms with van der Waals surface area (Å²) in [6.07, 6.45) is 5.72. The molecule has 0 aliphatic rings. The minimum Gasteiger partial charge on any atom is -0.275 e. The summed E-state index contributed by atoms with van der Waals surface area (Å²) in [4.78, 5) is 4.16. The van der Waals surface area contributed by atoms with Crippen LogP contribution in [-0.2, 0) is 12.5 Å². The van der Waals surface area contributed by atoms with Gasteiger partial charge in [-0.05, 0) is 6.07 Å². The highest BCUT2D eigenvalue weighted by Crippen LogP contribution is 2.30. The van der Waals surface area contributed by atoms with Crippen molar-refractivity contribution in [2.24, 2.45) is 7.05 Å². The summed E-state index contributed by atoms with van der Waals surface area (Å²) in [5, 5.41) is 4.55. The summed E-state index contributed by atoms with van der Waals surface area (Å²) in [5.41, 5.74) is 3.46. The smallest absolute Gasteiger partial charge is 0.0756 e. The first kappa shape index (κ1) is 10.9. The van der Waals surface area contributed by atoms with Crippen LogP contribution in [0.2, 0.25) is 0 Å². The summed E-state index contributed by atoms with van der Waals surface area (Å²) in [6, 6.07) is 4.02. The molecule has 2 aromatic heterocycles. The number of pyridine rings is 1. The molecule has 0 aromatic carbocycles. The van der Waals surface area contributed by atoms with Crippen LogP contribution in [0, 0.1) is 0 Å². The third-order valence-corrected chi connectivity index (χ3v) is 2.51. The van der Waals surface area contributed by atoms with E-state index in [-0.39, 0.29) is 5.41 Å². The first-order valence-corrected chi connectivity index (χ1v) is 5.43. The number of hydrogen-bond acceptors (Lipinski definition) is 2. The van der Waals surface area contributed by atoms with Crippen molar-refractivity contribution in [2.75, 3.05) is 0 Å². The van der Waals surface area contributed by atoms with E-state index in [2.05, 4.69) is 43.1 Å². The fourth-order valence-corrected chi connectivity index (χ4v) is 1.78. The van der Waals surface area contributed by atoms with Crippen molar-refractivity contribution >= 4 is 0 Å². The van der Waals surface area contributed by atoms with Crippen LogP contribution in [0.3, 0.4) is 0 Å². The van der Waals surface area contributed by atoms with E-state index in [0.717, 1.165) is 11.3 Å². The normalized spacial score (nSPS) is 11.8. The lowest BCUT2D eigenvalue weighted by Crippen LogP contribution is -2.13. The van der Waals surface area contributed by atoms with E-state index in [1.54, 1.807) is 6.20 Å². The minimum atomic E-state index is 0.0481. The van der Waals surface area contributed by atoms with Gasteiger partial charge in [0.1, 0.15) is 0 Å². The molecule has 0 N–H and O–H groups in total. The van der Waals surface area contributed by atoms with Gasteiger partial charge < -0.3 is 0 Å². The van der Waals surface area contributed by atoms with E-state index in [4.69, 9.17) is 0 Å². The Morgan fingerprint density at radius 3 is 2.56 bits per heavy atom. The average Bonchev–Trinajstić information content (AvgIpc) is 2.61. The molecular formula is C13H17N3. The van der Waals surface area contributed by atoms with Gasteiger partial charge in [0.05, 0.1) is 5.69 Å². The van der Waals surface area contributed by atoms with E-state index in [0.29, 0.717) is 0 Å². The number of aromatic nitrogens is 3. The van der Waals surface area contributed by atoms with Crippen LogP contribution >= 0.6 is 0 Å². The van der Waals surface area contributed by atoms with Crippen molar-refractivity contribution < 1.29 is 0 Å². The van der Waals surface area contributed by atoms with E-state index in [1.807, 2.05) is 24.0 Å². The zero-order valence-electron chi connectivity index (χ0n) is 10.2. The molecule has 0 bridgehead atoms. The van der Waals surface area contributed by atoms with Crippen molar-refractivity contribution in [2.45, 2.75) is 26.2 Å². The maximum Gasteiger partial charge on any atom is 0.0756 e. The molecule has 0 fully saturated rings. The van der Waals surface area contributed by atoms with Gasteiger partial charge in [-0.25, -0.2) is 0 Å². The average molecular weight is 215 g/mol. The SMILES string of the molecule is Cn1cc(-c2cccnc2)c(C(C)(C)C)n1. The van der Waals surface area contributed by atoms with E-state index in [1.165, 1.54) is 5.56 Å². The van der Waals surface area contributed by atoms with Gasteiger partial charge in [-0.2, -0.15) is 5.10 Å². The van der Waals surface area contributed by atoms with Crippen LogP contribution in [0.4, 0.5) is 0 Å². The fraction of sp³-hybridized carbons (Fsp3) is 0.385. The molecule has 2 heterocycles. The maximum atomic E-state index is 4.55. The highest BCUT2D eigenvalue weighted by molar-refractivity contribution is 5.65. The Hall–Kier alpha value is -1.64. The van der Waals surface area contributed by atoms with E-state index in [9.17, 15) is 0 Å². The van der Waals surface area contributed by atoms with Gasteiger partial charge in [-0.1, -0.05) is 26.8 Å². The van der Waals surface area contributed by atoms with E-state index < -0.39 is 0 Å². The lowest BCUT2D eigenvalue weighted by molar-refractivity contribution is 0.554. The highest BCUT2D eigenvalue weighted by atomic mass is 15.3. The lowest BCUT2D eigenvalue weighted by atomic mass is 9.88. The van der Waals surface area contributed by atoms with Crippen LogP contribution in [-0.4, -0.2) is 14.8 Å². The van der Waals surface area contributed by atoms with Crippen LogP contribution in [0.25, 0.3) is 11.1 Å². The molecule has 2 aromatic rings. The van der Waals surface area contributed by atoms with Gasteiger partial charge in [0.2, 0.25) is 0 Å². The predicted molar refractivity (Wildman–Crippen MR) is 65.1 cm³/mol. The molecule has 2 rings (SSSR count). The molecule has 0 aliphatic carbocycles. The zero-order valence-corrected chi connectivity index (χ0v) is 10.2. The van der Waals surface area contributed by atoms with Gasteiger partial charge >= 0.3 is 0 Å². The summed E-state index contributed by atoms with van der Waals surface area (Å²) in [6.45, 7) is 6.53. The lowest BCUT2D eigenvalue weighted by Gasteiger charge is -2.17. The standard InChI is InChI=1S/C13H17N3/c1-13(2,3)12-11(9-16(4)15-12)10-6-5-7-14-8-10/h5-9H,1-4H3. The second-order valence-corrected chi connectivity index (χ2v) is 5.06. The third-order valence-electron chi connectivity index (χ3n) is 2.51. The molecule has 0 amide bonds. The first-order chi connectivity index (χ1) is 7.48. The molecule has 3 heteroatoms. The molecule has 0 aliphatic heterocycles. The number of nitrogens with zero attached hydrogens (tertiary/aromatic N) is 3. The van der Waals surface area contributed by atoms with Crippen LogP contribution in [0.5, 0.6) is 0 Å². The summed E-state index contributed by atoms with van der Waals surface area (Å²) < 4.78 is 1.86. The van der Waals surface area contributed by atoms with Crippen LogP contribution in [0.1, 0.15) is 26.5 Å². The first-order valence-electron chi connectivity index (χ1n) is 5.43. The summed E-state index contributed by atoms with van der Waals surface area (Å²) in [5.74, 6) is 0. The van der Waals surface area contributed by atoms with Crippen molar-refractivity contribution in [3.63, 3.8) is 0 Å². The predicted octanol–water partition coefficient (Wildman–Crippen LogP) is 2.78. The Kier molecular flexibility index (Phi) is 2.54. The second kappa shape index (κ2) is 3.74. The van der Waals surface area contributed by atoms with Gasteiger partial charge in [-0.3, -0.25) is 9.67 Å². The number of hydrogen-bond donors (Lipinski definition) is 0. The third kappa shape index (κ3) is 1.98. The van der Waals surface area contributed by atoms with Crippen molar-refractivity contribution in [3.05, 3.63) is 36.4 Å². The van der Waals surface area contributed by atoms with Gasteiger partial charge in [-0.15, -0.1) is 0 Å². The molecule has 3 nitrogen and oxygen atoms in total. The molecule has 0 radical (unpaired) electrons. The van der Waals surface area contributed by atoms with Crippen LogP contribution < -0.4 is 0 Å². The molecule has 0 atom stereocenters. The quantitative estimate of drug-likeness (QED) is 0.732. The molecule has 0 saturated heterocycles. The zero-order chi connectivity index (χ0) is 11.8. The highest BCUT2D eigenvalue weighted by Gasteiger charge is 2.22. The fourth-order valence-electron chi connectivity index (χ4n) is 1.78. The second-order valence-electron chi connectivity index (χ2n) is 5.06. The number of aryl methyl sites for hydroxylation is 1. The van der Waals surface area contributed by atoms with Crippen LogP contribution in [0.15, 0.2) is 30.7 Å². The molecule has 0 saturated carbocycles. The maximum absolute atomic E-state index is 4.55. The topological polar surface area (TPSA) is 30.7 Å². The van der Waals surface area contributed by atoms with Crippen molar-refractivity contribution in [3.8, 4) is 11.1 Å². The molecular weight excluding hydrogens is 198 g/mol. The Morgan fingerprint density at radius 1 is 1.25 bits per heavy atom. The Balaban J connectivity index is 2.58. The molecule has 16 heavy (non-hydrogen) atoms. The summed E-state index contributed by atoms with van der Waals surface area (Å²) >= 11 is 0. The number of rotatable bonds is 1. The minimum absolute atomic E-state index is 0.0481. The Bertz CT molecular complexity index is 478. The van der Waals surface area contributed by atoms with E-state index >= 15 is 0 Å². The molecule has 0 spiro atoms. The monoisotopic (exact) mass is 215 g/mol. The molecule has 0 unspecified atom stereocenters. The Labute approximate surface area is 96.1 Å². The van der Waals surface area contributed by atoms with Crippen molar-refractivity contribution in [1.29, 1.82) is 0 Å². The van der Waals surface area contributed by atoms with Crippen molar-refractivity contribution in [1.82, 2.24) is 14.8 Å². The van der Waals surface area contributed by atoms with Gasteiger partial charge in [0.15, 0.2) is 0 Å². The molecule has 84 valence electrons. The Morgan fingerprint density at radius 2 is 2.00 bits per heavy atom. The summed E-state index contributed by atoms with van der Waals surface area (Å²) in [7, 11) is 1.95. The largest absolute Gasteiger partial charge is 0.275 e. The van der Waals surface area contributed by atoms with Gasteiger partial charge in [0, 0.05) is 42.2 Å².